The molecule has 0 unspecified atom stereocenters. The fourth-order valence-electron chi connectivity index (χ4n) is 2.10. The molecule has 124 valence electrons. The van der Waals surface area contributed by atoms with E-state index in [1.165, 1.54) is 23.9 Å². The Hall–Kier alpha value is -1.63. The van der Waals surface area contributed by atoms with E-state index in [0.29, 0.717) is 6.54 Å². The van der Waals surface area contributed by atoms with Crippen molar-refractivity contribution in [2.45, 2.75) is 11.4 Å². The molecule has 1 heterocycles. The number of hydrogen-bond donors (Lipinski definition) is 0. The highest BCUT2D eigenvalue weighted by Crippen LogP contribution is 2.25. The molecule has 3 nitrogen and oxygen atoms in total. The smallest absolute Gasteiger partial charge is 0.233 e. The van der Waals surface area contributed by atoms with Crippen molar-refractivity contribution in [3.05, 3.63) is 58.3 Å². The van der Waals surface area contributed by atoms with Crippen LogP contribution in [0.1, 0.15) is 5.01 Å². The third-order valence-corrected chi connectivity index (χ3v) is 5.68. The Balaban J connectivity index is 1.58. The van der Waals surface area contributed by atoms with Gasteiger partial charge < -0.3 is 4.90 Å². The standard InChI is InChI=1S/C17H14ClFN2OS2/c1-21(9-16-20-14-4-2-3-5-15(14)24-16)17(22)10-23-11-6-7-13(19)12(18)8-11/h2-8H,9-10H2,1H3. The molecular weight excluding hydrogens is 367 g/mol. The normalized spacial score (nSPS) is 11.0. The first-order chi connectivity index (χ1) is 11.5. The monoisotopic (exact) mass is 380 g/mol. The Morgan fingerprint density at radius 2 is 2.12 bits per heavy atom. The van der Waals surface area contributed by atoms with Crippen LogP contribution in [-0.4, -0.2) is 28.6 Å². The van der Waals surface area contributed by atoms with Gasteiger partial charge in [0.1, 0.15) is 10.8 Å². The minimum Gasteiger partial charge on any atom is -0.338 e. The molecule has 0 aliphatic carbocycles. The van der Waals surface area contributed by atoms with Crippen molar-refractivity contribution in [1.82, 2.24) is 9.88 Å². The van der Waals surface area contributed by atoms with E-state index in [9.17, 15) is 9.18 Å². The summed E-state index contributed by atoms with van der Waals surface area (Å²) in [5, 5.41) is 0.970. The number of nitrogens with zero attached hydrogens (tertiary/aromatic N) is 2. The number of rotatable bonds is 5. The SMILES string of the molecule is CN(Cc1nc2ccccc2s1)C(=O)CSc1ccc(F)c(Cl)c1. The molecule has 7 heteroatoms. The summed E-state index contributed by atoms with van der Waals surface area (Å²) in [5.74, 6) is -0.205. The van der Waals surface area contributed by atoms with Crippen LogP contribution in [0.15, 0.2) is 47.4 Å². The summed E-state index contributed by atoms with van der Waals surface area (Å²) in [6.07, 6.45) is 0. The minimum absolute atomic E-state index is 0.0142. The second-order valence-corrected chi connectivity index (χ2v) is 7.76. The molecule has 0 aliphatic rings. The average Bonchev–Trinajstić information content (AvgIpc) is 2.97. The molecule has 0 spiro atoms. The molecule has 0 atom stereocenters. The van der Waals surface area contributed by atoms with Gasteiger partial charge in [-0.2, -0.15) is 0 Å². The topological polar surface area (TPSA) is 33.2 Å². The molecule has 0 saturated carbocycles. The zero-order chi connectivity index (χ0) is 17.1. The van der Waals surface area contributed by atoms with Gasteiger partial charge in [-0.15, -0.1) is 23.1 Å². The Bertz CT molecular complexity index is 851. The largest absolute Gasteiger partial charge is 0.338 e. The Morgan fingerprint density at radius 1 is 1.33 bits per heavy atom. The first kappa shape index (κ1) is 17.2. The van der Waals surface area contributed by atoms with Crippen LogP contribution in [0.25, 0.3) is 10.2 Å². The van der Waals surface area contributed by atoms with E-state index in [4.69, 9.17) is 11.6 Å². The van der Waals surface area contributed by atoms with E-state index < -0.39 is 5.82 Å². The third-order valence-electron chi connectivity index (χ3n) is 3.39. The summed E-state index contributed by atoms with van der Waals surface area (Å²) in [5.41, 5.74) is 0.952. The lowest BCUT2D eigenvalue weighted by molar-refractivity contribution is -0.127. The molecule has 1 aromatic heterocycles. The zero-order valence-corrected chi connectivity index (χ0v) is 15.2. The second kappa shape index (κ2) is 7.51. The van der Waals surface area contributed by atoms with Crippen LogP contribution in [0.5, 0.6) is 0 Å². The van der Waals surface area contributed by atoms with Crippen LogP contribution in [0.4, 0.5) is 4.39 Å². The van der Waals surface area contributed by atoms with Crippen molar-refractivity contribution in [2.75, 3.05) is 12.8 Å². The lowest BCUT2D eigenvalue weighted by Crippen LogP contribution is -2.27. The molecule has 0 bridgehead atoms. The number of carbonyl (C=O) groups excluding carboxylic acids is 1. The highest BCUT2D eigenvalue weighted by Gasteiger charge is 2.13. The summed E-state index contributed by atoms with van der Waals surface area (Å²) in [6.45, 7) is 0.475. The van der Waals surface area contributed by atoms with E-state index in [1.54, 1.807) is 29.4 Å². The van der Waals surface area contributed by atoms with Gasteiger partial charge in [0.25, 0.3) is 0 Å². The number of fused-ring (bicyclic) bond motifs is 1. The Kier molecular flexibility index (Phi) is 5.38. The van der Waals surface area contributed by atoms with Gasteiger partial charge in [0.15, 0.2) is 0 Å². The average molecular weight is 381 g/mol. The Morgan fingerprint density at radius 3 is 2.88 bits per heavy atom. The molecule has 1 amide bonds. The van der Waals surface area contributed by atoms with E-state index in [-0.39, 0.29) is 16.7 Å². The summed E-state index contributed by atoms with van der Waals surface area (Å²) < 4.78 is 14.2. The third kappa shape index (κ3) is 4.06. The highest BCUT2D eigenvalue weighted by molar-refractivity contribution is 8.00. The van der Waals surface area contributed by atoms with Crippen LogP contribution < -0.4 is 0 Å². The van der Waals surface area contributed by atoms with E-state index in [0.717, 1.165) is 20.1 Å². The molecule has 0 N–H and O–H groups in total. The molecule has 2 aromatic carbocycles. The van der Waals surface area contributed by atoms with Crippen LogP contribution in [0.2, 0.25) is 5.02 Å². The summed E-state index contributed by atoms with van der Waals surface area (Å²) in [4.78, 5) is 19.2. The number of hydrogen-bond acceptors (Lipinski definition) is 4. The maximum atomic E-state index is 13.1. The van der Waals surface area contributed by atoms with Gasteiger partial charge in [-0.3, -0.25) is 4.79 Å². The molecule has 0 saturated heterocycles. The van der Waals surface area contributed by atoms with Crippen molar-refractivity contribution in [3.63, 3.8) is 0 Å². The molecule has 3 aromatic rings. The van der Waals surface area contributed by atoms with Crippen molar-refractivity contribution in [2.24, 2.45) is 0 Å². The number of aromatic nitrogens is 1. The highest BCUT2D eigenvalue weighted by atomic mass is 35.5. The maximum Gasteiger partial charge on any atom is 0.233 e. The number of thioether (sulfide) groups is 1. The van der Waals surface area contributed by atoms with Crippen LogP contribution in [0, 0.1) is 5.82 Å². The molecule has 0 fully saturated rings. The van der Waals surface area contributed by atoms with Crippen molar-refractivity contribution < 1.29 is 9.18 Å². The first-order valence-electron chi connectivity index (χ1n) is 7.19. The van der Waals surface area contributed by atoms with Gasteiger partial charge in [0.2, 0.25) is 5.91 Å². The number of para-hydroxylation sites is 1. The van der Waals surface area contributed by atoms with Crippen LogP contribution in [-0.2, 0) is 11.3 Å². The molecule has 0 radical (unpaired) electrons. The number of benzene rings is 2. The lowest BCUT2D eigenvalue weighted by atomic mass is 10.3. The van der Waals surface area contributed by atoms with Gasteiger partial charge in [-0.25, -0.2) is 9.37 Å². The van der Waals surface area contributed by atoms with Gasteiger partial charge in [0, 0.05) is 11.9 Å². The quantitative estimate of drug-likeness (QED) is 0.594. The summed E-state index contributed by atoms with van der Waals surface area (Å²) in [6, 6.07) is 12.4. The van der Waals surface area contributed by atoms with E-state index >= 15 is 0 Å². The van der Waals surface area contributed by atoms with Gasteiger partial charge in [-0.1, -0.05) is 23.7 Å². The summed E-state index contributed by atoms with van der Waals surface area (Å²) in [7, 11) is 1.76. The van der Waals surface area contributed by atoms with Crippen LogP contribution >= 0.6 is 34.7 Å². The first-order valence-corrected chi connectivity index (χ1v) is 9.37. The minimum atomic E-state index is -0.458. The number of thiazole rings is 1. The van der Waals surface area contributed by atoms with Crippen molar-refractivity contribution in [1.29, 1.82) is 0 Å². The molecule has 3 rings (SSSR count). The molecule has 24 heavy (non-hydrogen) atoms. The van der Waals surface area contributed by atoms with Gasteiger partial charge >= 0.3 is 0 Å². The fraction of sp³-hybridized carbons (Fsp3) is 0.176. The van der Waals surface area contributed by atoms with Crippen LogP contribution in [0.3, 0.4) is 0 Å². The molecular formula is C17H14ClFN2OS2. The Labute approximate surface area is 152 Å². The lowest BCUT2D eigenvalue weighted by Gasteiger charge is -2.15. The number of carbonyl (C=O) groups is 1. The number of halogens is 2. The van der Waals surface area contributed by atoms with Crippen molar-refractivity contribution >= 4 is 50.8 Å². The number of amides is 1. The summed E-state index contributed by atoms with van der Waals surface area (Å²) >= 11 is 8.67. The fourth-order valence-corrected chi connectivity index (χ4v) is 4.24. The predicted molar refractivity (Wildman–Crippen MR) is 98.2 cm³/mol. The molecule has 0 aliphatic heterocycles. The van der Waals surface area contributed by atoms with E-state index in [2.05, 4.69) is 4.98 Å². The maximum absolute atomic E-state index is 13.1. The van der Waals surface area contributed by atoms with Gasteiger partial charge in [-0.05, 0) is 30.3 Å². The van der Waals surface area contributed by atoms with E-state index in [1.807, 2.05) is 24.3 Å². The zero-order valence-electron chi connectivity index (χ0n) is 12.8. The predicted octanol–water partition coefficient (Wildman–Crippen LogP) is 4.84. The van der Waals surface area contributed by atoms with Crippen molar-refractivity contribution in [3.8, 4) is 0 Å². The second-order valence-electron chi connectivity index (χ2n) is 5.19. The van der Waals surface area contributed by atoms with Gasteiger partial charge in [0.05, 0.1) is 27.5 Å².